The lowest BCUT2D eigenvalue weighted by molar-refractivity contribution is -0.126. The maximum Gasteiger partial charge on any atom is 0.223 e. The molecule has 2 N–H and O–H groups in total. The van der Waals surface area contributed by atoms with Gasteiger partial charge in [0.05, 0.1) is 6.54 Å². The molecule has 1 aromatic carbocycles. The minimum absolute atomic E-state index is 0.109. The monoisotopic (exact) mass is 316 g/mol. The predicted octanol–water partition coefficient (Wildman–Crippen LogP) is 2.21. The molecule has 1 aromatic heterocycles. The second-order valence-electron chi connectivity index (χ2n) is 5.66. The quantitative estimate of drug-likeness (QED) is 0.907. The fourth-order valence-corrected chi connectivity index (χ4v) is 3.48. The SMILES string of the molecule is C[C@H]1C[C@@H](C(=O)NCc2nnc(-c3ccccc3)s2)CCN1. The lowest BCUT2D eigenvalue weighted by Crippen LogP contribution is -2.42. The molecule has 0 saturated carbocycles. The van der Waals surface area contributed by atoms with Crippen molar-refractivity contribution in [1.29, 1.82) is 0 Å². The second-order valence-corrected chi connectivity index (χ2v) is 6.72. The van der Waals surface area contributed by atoms with Gasteiger partial charge in [0.25, 0.3) is 0 Å². The Kier molecular flexibility index (Phi) is 4.80. The lowest BCUT2D eigenvalue weighted by Gasteiger charge is -2.26. The summed E-state index contributed by atoms with van der Waals surface area (Å²) in [5.74, 6) is 0.238. The van der Waals surface area contributed by atoms with Crippen LogP contribution in [0.25, 0.3) is 10.6 Å². The highest BCUT2D eigenvalue weighted by atomic mass is 32.1. The molecule has 2 aromatic rings. The molecule has 1 aliphatic heterocycles. The van der Waals surface area contributed by atoms with Crippen LogP contribution >= 0.6 is 11.3 Å². The first kappa shape index (κ1) is 15.1. The number of hydrogen-bond donors (Lipinski definition) is 2. The molecule has 0 spiro atoms. The van der Waals surface area contributed by atoms with Gasteiger partial charge in [0.2, 0.25) is 5.91 Å². The van der Waals surface area contributed by atoms with Crippen LogP contribution in [0.2, 0.25) is 0 Å². The standard InChI is InChI=1S/C16H20N4OS/c1-11-9-13(7-8-17-11)15(21)18-10-14-19-20-16(22-14)12-5-3-2-4-6-12/h2-6,11,13,17H,7-10H2,1H3,(H,18,21)/t11-,13-/m0/s1. The van der Waals surface area contributed by atoms with Gasteiger partial charge in [0.1, 0.15) is 10.0 Å². The molecule has 22 heavy (non-hydrogen) atoms. The number of carbonyl (C=O) groups is 1. The first-order chi connectivity index (χ1) is 10.7. The molecule has 2 atom stereocenters. The molecule has 1 saturated heterocycles. The van der Waals surface area contributed by atoms with Crippen LogP contribution in [-0.2, 0) is 11.3 Å². The molecule has 0 bridgehead atoms. The highest BCUT2D eigenvalue weighted by Crippen LogP contribution is 2.23. The van der Waals surface area contributed by atoms with Crippen molar-refractivity contribution >= 4 is 17.2 Å². The molecule has 116 valence electrons. The summed E-state index contributed by atoms with van der Waals surface area (Å²) in [7, 11) is 0. The van der Waals surface area contributed by atoms with Gasteiger partial charge < -0.3 is 10.6 Å². The van der Waals surface area contributed by atoms with Gasteiger partial charge in [-0.3, -0.25) is 4.79 Å². The number of nitrogens with one attached hydrogen (secondary N) is 2. The van der Waals surface area contributed by atoms with Crippen molar-refractivity contribution in [1.82, 2.24) is 20.8 Å². The summed E-state index contributed by atoms with van der Waals surface area (Å²) in [6, 6.07) is 10.4. The molecule has 1 amide bonds. The molecule has 2 heterocycles. The van der Waals surface area contributed by atoms with Gasteiger partial charge in [-0.05, 0) is 26.3 Å². The number of carbonyl (C=O) groups excluding carboxylic acids is 1. The molecule has 0 unspecified atom stereocenters. The molecule has 0 radical (unpaired) electrons. The summed E-state index contributed by atoms with van der Waals surface area (Å²) in [5.41, 5.74) is 1.06. The van der Waals surface area contributed by atoms with Crippen molar-refractivity contribution in [2.75, 3.05) is 6.54 Å². The summed E-state index contributed by atoms with van der Waals surface area (Å²) in [6.45, 7) is 3.49. The third-order valence-electron chi connectivity index (χ3n) is 3.90. The zero-order valence-electron chi connectivity index (χ0n) is 12.6. The van der Waals surface area contributed by atoms with Crippen molar-refractivity contribution in [3.63, 3.8) is 0 Å². The van der Waals surface area contributed by atoms with E-state index < -0.39 is 0 Å². The van der Waals surface area contributed by atoms with Gasteiger partial charge >= 0.3 is 0 Å². The van der Waals surface area contributed by atoms with E-state index in [1.165, 1.54) is 11.3 Å². The smallest absolute Gasteiger partial charge is 0.223 e. The van der Waals surface area contributed by atoms with Crippen molar-refractivity contribution < 1.29 is 4.79 Å². The predicted molar refractivity (Wildman–Crippen MR) is 87.4 cm³/mol. The molecule has 1 fully saturated rings. The number of hydrogen-bond acceptors (Lipinski definition) is 5. The Morgan fingerprint density at radius 1 is 1.36 bits per heavy atom. The third kappa shape index (κ3) is 3.69. The number of amides is 1. The summed E-state index contributed by atoms with van der Waals surface area (Å²) >= 11 is 1.53. The van der Waals surface area contributed by atoms with Gasteiger partial charge in [-0.25, -0.2) is 0 Å². The summed E-state index contributed by atoms with van der Waals surface area (Å²) < 4.78 is 0. The highest BCUT2D eigenvalue weighted by molar-refractivity contribution is 7.14. The van der Waals surface area contributed by atoms with E-state index in [1.807, 2.05) is 30.3 Å². The summed E-state index contributed by atoms with van der Waals surface area (Å²) in [6.07, 6.45) is 1.80. The van der Waals surface area contributed by atoms with Crippen molar-refractivity contribution in [3.05, 3.63) is 35.3 Å². The Labute approximate surface area is 134 Å². The van der Waals surface area contributed by atoms with Crippen LogP contribution in [0.4, 0.5) is 0 Å². The van der Waals surface area contributed by atoms with E-state index in [0.29, 0.717) is 12.6 Å². The van der Waals surface area contributed by atoms with Crippen LogP contribution in [0.5, 0.6) is 0 Å². The second kappa shape index (κ2) is 6.98. The fourth-order valence-electron chi connectivity index (χ4n) is 2.70. The molecular formula is C16H20N4OS. The van der Waals surface area contributed by atoms with Gasteiger partial charge in [-0.2, -0.15) is 0 Å². The molecule has 5 nitrogen and oxygen atoms in total. The molecule has 0 aliphatic carbocycles. The van der Waals surface area contributed by atoms with Gasteiger partial charge in [0.15, 0.2) is 0 Å². The van der Waals surface area contributed by atoms with Crippen LogP contribution in [-0.4, -0.2) is 28.7 Å². The number of aromatic nitrogens is 2. The fraction of sp³-hybridized carbons (Fsp3) is 0.438. The van der Waals surface area contributed by atoms with Crippen LogP contribution in [0.3, 0.4) is 0 Å². The van der Waals surface area contributed by atoms with Crippen molar-refractivity contribution in [2.45, 2.75) is 32.4 Å². The number of nitrogens with zero attached hydrogens (tertiary/aromatic N) is 2. The maximum atomic E-state index is 12.2. The number of rotatable bonds is 4. The van der Waals surface area contributed by atoms with Crippen molar-refractivity contribution in [3.8, 4) is 10.6 Å². The van der Waals surface area contributed by atoms with E-state index in [9.17, 15) is 4.79 Å². The van der Waals surface area contributed by atoms with E-state index in [2.05, 4.69) is 27.8 Å². The van der Waals surface area contributed by atoms with Crippen molar-refractivity contribution in [2.24, 2.45) is 5.92 Å². The Hall–Kier alpha value is -1.79. The molecule has 3 rings (SSSR count). The summed E-state index contributed by atoms with van der Waals surface area (Å²) in [5, 5.41) is 16.5. The Bertz CT molecular complexity index is 628. The molecule has 6 heteroatoms. The van der Waals surface area contributed by atoms with Crippen LogP contribution in [0.15, 0.2) is 30.3 Å². The first-order valence-electron chi connectivity index (χ1n) is 7.61. The molecule has 1 aliphatic rings. The Morgan fingerprint density at radius 2 is 2.18 bits per heavy atom. The van der Waals surface area contributed by atoms with Gasteiger partial charge in [-0.1, -0.05) is 41.7 Å². The third-order valence-corrected chi connectivity index (χ3v) is 4.87. The average molecular weight is 316 g/mol. The van der Waals surface area contributed by atoms with E-state index in [1.54, 1.807) is 0 Å². The summed E-state index contributed by atoms with van der Waals surface area (Å²) in [4.78, 5) is 12.2. The van der Waals surface area contributed by atoms with E-state index in [-0.39, 0.29) is 11.8 Å². The largest absolute Gasteiger partial charge is 0.349 e. The highest BCUT2D eigenvalue weighted by Gasteiger charge is 2.24. The van der Waals surface area contributed by atoms with E-state index in [0.717, 1.165) is 35.0 Å². The lowest BCUT2D eigenvalue weighted by atomic mass is 9.92. The van der Waals surface area contributed by atoms with Crippen LogP contribution in [0.1, 0.15) is 24.8 Å². The minimum atomic E-state index is 0.109. The topological polar surface area (TPSA) is 66.9 Å². The van der Waals surface area contributed by atoms with Gasteiger partial charge in [0, 0.05) is 17.5 Å². The van der Waals surface area contributed by atoms with Crippen LogP contribution in [0, 0.1) is 5.92 Å². The number of benzene rings is 1. The first-order valence-corrected chi connectivity index (χ1v) is 8.43. The van der Waals surface area contributed by atoms with E-state index in [4.69, 9.17) is 0 Å². The molecular weight excluding hydrogens is 296 g/mol. The minimum Gasteiger partial charge on any atom is -0.349 e. The van der Waals surface area contributed by atoms with E-state index >= 15 is 0 Å². The van der Waals surface area contributed by atoms with Crippen LogP contribution < -0.4 is 10.6 Å². The zero-order valence-corrected chi connectivity index (χ0v) is 13.4. The zero-order chi connectivity index (χ0) is 15.4. The van der Waals surface area contributed by atoms with Gasteiger partial charge in [-0.15, -0.1) is 10.2 Å². The Balaban J connectivity index is 1.56. The Morgan fingerprint density at radius 3 is 2.95 bits per heavy atom. The maximum absolute atomic E-state index is 12.2. The average Bonchev–Trinajstić information content (AvgIpc) is 3.02. The normalized spacial score (nSPS) is 21.5. The number of piperidine rings is 1.